The van der Waals surface area contributed by atoms with E-state index in [4.69, 9.17) is 0 Å². The molecule has 14 heavy (non-hydrogen) atoms. The summed E-state index contributed by atoms with van der Waals surface area (Å²) in [6, 6.07) is 0.804. The first-order valence-electron chi connectivity index (χ1n) is 5.06. The van der Waals surface area contributed by atoms with E-state index in [1.54, 1.807) is 11.3 Å². The molecule has 4 heteroatoms. The van der Waals surface area contributed by atoms with E-state index in [2.05, 4.69) is 32.5 Å². The number of aromatic nitrogens is 2. The van der Waals surface area contributed by atoms with Crippen molar-refractivity contribution in [2.75, 3.05) is 6.54 Å². The second kappa shape index (κ2) is 3.37. The van der Waals surface area contributed by atoms with Gasteiger partial charge >= 0.3 is 0 Å². The summed E-state index contributed by atoms with van der Waals surface area (Å²) in [5.41, 5.74) is 1.20. The monoisotopic (exact) mass is 207 g/mol. The number of fused-ring (bicyclic) bond motifs is 1. The van der Waals surface area contributed by atoms with E-state index in [0.29, 0.717) is 0 Å². The van der Waals surface area contributed by atoms with Crippen molar-refractivity contribution in [2.24, 2.45) is 0 Å². The molecule has 74 valence electrons. The fourth-order valence-corrected chi connectivity index (χ4v) is 2.31. The van der Waals surface area contributed by atoms with Gasteiger partial charge < -0.3 is 5.32 Å². The van der Waals surface area contributed by atoms with Crippen molar-refractivity contribution in [3.05, 3.63) is 23.5 Å². The standard InChI is InChI=1S/C10H13N3S/c1-2-8(1)11-4-3-9-7-13-5-6-14-10(13)12-9/h5-8,11H,1-4H2. The van der Waals surface area contributed by atoms with Gasteiger partial charge in [-0.05, 0) is 12.8 Å². The average Bonchev–Trinajstić information content (AvgIpc) is 2.73. The van der Waals surface area contributed by atoms with Crippen LogP contribution in [0.5, 0.6) is 0 Å². The zero-order chi connectivity index (χ0) is 9.38. The molecule has 0 saturated heterocycles. The average molecular weight is 207 g/mol. The lowest BCUT2D eigenvalue weighted by Crippen LogP contribution is -2.19. The van der Waals surface area contributed by atoms with Crippen LogP contribution in [0, 0.1) is 0 Å². The van der Waals surface area contributed by atoms with Crippen LogP contribution in [0.15, 0.2) is 17.8 Å². The first kappa shape index (κ1) is 8.44. The van der Waals surface area contributed by atoms with Gasteiger partial charge in [0.15, 0.2) is 4.96 Å². The molecule has 3 nitrogen and oxygen atoms in total. The molecular formula is C10H13N3S. The first-order chi connectivity index (χ1) is 6.92. The van der Waals surface area contributed by atoms with Crippen LogP contribution in [0.1, 0.15) is 18.5 Å². The smallest absolute Gasteiger partial charge is 0.193 e. The van der Waals surface area contributed by atoms with E-state index >= 15 is 0 Å². The van der Waals surface area contributed by atoms with Gasteiger partial charge in [-0.3, -0.25) is 4.40 Å². The van der Waals surface area contributed by atoms with Crippen molar-refractivity contribution in [1.82, 2.24) is 14.7 Å². The lowest BCUT2D eigenvalue weighted by Gasteiger charge is -1.98. The highest BCUT2D eigenvalue weighted by Crippen LogP contribution is 2.18. The highest BCUT2D eigenvalue weighted by Gasteiger charge is 2.19. The highest BCUT2D eigenvalue weighted by molar-refractivity contribution is 7.15. The summed E-state index contributed by atoms with van der Waals surface area (Å²) in [7, 11) is 0. The van der Waals surface area contributed by atoms with Gasteiger partial charge in [0.2, 0.25) is 0 Å². The molecule has 2 heterocycles. The molecule has 2 aromatic heterocycles. The maximum Gasteiger partial charge on any atom is 0.193 e. The third-order valence-corrected chi connectivity index (χ3v) is 3.31. The second-order valence-electron chi connectivity index (χ2n) is 3.80. The topological polar surface area (TPSA) is 29.3 Å². The molecule has 1 aliphatic rings. The Hall–Kier alpha value is -0.870. The Labute approximate surface area is 86.8 Å². The Morgan fingerprint density at radius 1 is 1.57 bits per heavy atom. The number of rotatable bonds is 4. The molecule has 0 aromatic carbocycles. The number of nitrogens with zero attached hydrogens (tertiary/aromatic N) is 2. The van der Waals surface area contributed by atoms with Crippen LogP contribution in [0.25, 0.3) is 4.96 Å². The normalized spacial score (nSPS) is 16.6. The zero-order valence-electron chi connectivity index (χ0n) is 7.94. The molecule has 0 amide bonds. The zero-order valence-corrected chi connectivity index (χ0v) is 8.76. The fraction of sp³-hybridized carbons (Fsp3) is 0.500. The maximum atomic E-state index is 4.53. The van der Waals surface area contributed by atoms with Gasteiger partial charge in [-0.15, -0.1) is 11.3 Å². The van der Waals surface area contributed by atoms with Crippen LogP contribution < -0.4 is 5.32 Å². The lowest BCUT2D eigenvalue weighted by molar-refractivity contribution is 0.677. The number of nitrogens with one attached hydrogen (secondary N) is 1. The van der Waals surface area contributed by atoms with Crippen molar-refractivity contribution in [3.8, 4) is 0 Å². The van der Waals surface area contributed by atoms with Crippen LogP contribution >= 0.6 is 11.3 Å². The van der Waals surface area contributed by atoms with Crippen molar-refractivity contribution >= 4 is 16.3 Å². The molecule has 1 saturated carbocycles. The van der Waals surface area contributed by atoms with Crippen LogP contribution in [0.2, 0.25) is 0 Å². The Balaban J connectivity index is 1.63. The van der Waals surface area contributed by atoms with Crippen molar-refractivity contribution < 1.29 is 0 Å². The van der Waals surface area contributed by atoms with Crippen molar-refractivity contribution in [1.29, 1.82) is 0 Å². The van der Waals surface area contributed by atoms with E-state index in [1.807, 2.05) is 0 Å². The molecule has 1 fully saturated rings. The Bertz CT molecular complexity index is 399. The molecule has 3 rings (SSSR count). The fourth-order valence-electron chi connectivity index (χ4n) is 1.59. The van der Waals surface area contributed by atoms with Crippen LogP contribution in [-0.2, 0) is 6.42 Å². The first-order valence-corrected chi connectivity index (χ1v) is 5.94. The molecule has 0 radical (unpaired) electrons. The summed E-state index contributed by atoms with van der Waals surface area (Å²) < 4.78 is 2.09. The lowest BCUT2D eigenvalue weighted by atomic mass is 10.3. The molecule has 0 spiro atoms. The third kappa shape index (κ3) is 1.67. The predicted octanol–water partition coefficient (Wildman–Crippen LogP) is 1.69. The maximum absolute atomic E-state index is 4.53. The summed E-state index contributed by atoms with van der Waals surface area (Å²) in [6.45, 7) is 1.06. The van der Waals surface area contributed by atoms with Gasteiger partial charge in [-0.25, -0.2) is 4.98 Å². The Morgan fingerprint density at radius 3 is 3.29 bits per heavy atom. The van der Waals surface area contributed by atoms with Crippen LogP contribution in [-0.4, -0.2) is 22.0 Å². The van der Waals surface area contributed by atoms with E-state index in [0.717, 1.165) is 24.0 Å². The van der Waals surface area contributed by atoms with Crippen molar-refractivity contribution in [2.45, 2.75) is 25.3 Å². The van der Waals surface area contributed by atoms with Gasteiger partial charge in [0.05, 0.1) is 5.69 Å². The van der Waals surface area contributed by atoms with E-state index in [1.165, 1.54) is 18.5 Å². The Kier molecular flexibility index (Phi) is 2.03. The van der Waals surface area contributed by atoms with E-state index in [-0.39, 0.29) is 0 Å². The molecule has 1 aliphatic carbocycles. The van der Waals surface area contributed by atoms with Gasteiger partial charge in [-0.2, -0.15) is 0 Å². The number of imidazole rings is 1. The van der Waals surface area contributed by atoms with Gasteiger partial charge in [0.1, 0.15) is 0 Å². The molecule has 0 unspecified atom stereocenters. The third-order valence-electron chi connectivity index (χ3n) is 2.53. The molecule has 1 N–H and O–H groups in total. The van der Waals surface area contributed by atoms with Gasteiger partial charge in [0.25, 0.3) is 0 Å². The van der Waals surface area contributed by atoms with Crippen molar-refractivity contribution in [3.63, 3.8) is 0 Å². The van der Waals surface area contributed by atoms with E-state index in [9.17, 15) is 0 Å². The largest absolute Gasteiger partial charge is 0.314 e. The summed E-state index contributed by atoms with van der Waals surface area (Å²) in [6.07, 6.45) is 7.95. The van der Waals surface area contributed by atoms with Crippen LogP contribution in [0.3, 0.4) is 0 Å². The minimum atomic E-state index is 0.804. The second-order valence-corrected chi connectivity index (χ2v) is 4.68. The summed E-state index contributed by atoms with van der Waals surface area (Å²) in [4.78, 5) is 5.63. The quantitative estimate of drug-likeness (QED) is 0.826. The summed E-state index contributed by atoms with van der Waals surface area (Å²) in [5, 5.41) is 5.56. The highest BCUT2D eigenvalue weighted by atomic mass is 32.1. The number of hydrogen-bond donors (Lipinski definition) is 1. The number of thiazole rings is 1. The van der Waals surface area contributed by atoms with Gasteiger partial charge in [0, 0.05) is 36.8 Å². The van der Waals surface area contributed by atoms with E-state index < -0.39 is 0 Å². The minimum absolute atomic E-state index is 0.804. The molecule has 0 aliphatic heterocycles. The SMILES string of the molecule is c1cn2cc(CCNC3CC3)nc2s1. The number of hydrogen-bond acceptors (Lipinski definition) is 3. The molecule has 0 atom stereocenters. The minimum Gasteiger partial charge on any atom is -0.314 e. The predicted molar refractivity (Wildman–Crippen MR) is 57.8 cm³/mol. The summed E-state index contributed by atoms with van der Waals surface area (Å²) in [5.74, 6) is 0. The molecule has 0 bridgehead atoms. The molecular weight excluding hydrogens is 194 g/mol. The van der Waals surface area contributed by atoms with Crippen LogP contribution in [0.4, 0.5) is 0 Å². The summed E-state index contributed by atoms with van der Waals surface area (Å²) >= 11 is 1.69. The molecule has 2 aromatic rings. The van der Waals surface area contributed by atoms with Gasteiger partial charge in [-0.1, -0.05) is 0 Å². The Morgan fingerprint density at radius 2 is 2.50 bits per heavy atom.